The summed E-state index contributed by atoms with van der Waals surface area (Å²) in [4.78, 5) is 0. The number of hydrogen-bond acceptors (Lipinski definition) is 5. The second-order valence-electron chi connectivity index (χ2n) is 4.78. The molecule has 0 atom stereocenters. The Bertz CT molecular complexity index is 754. The lowest BCUT2D eigenvalue weighted by Crippen LogP contribution is -2.17. The van der Waals surface area contributed by atoms with Gasteiger partial charge in [-0.05, 0) is 18.2 Å². The SMILES string of the molecule is Oc1ccc(CNCCc2nnc3ccccn23)c(O)c1. The van der Waals surface area contributed by atoms with Crippen molar-refractivity contribution in [3.05, 3.63) is 54.0 Å². The van der Waals surface area contributed by atoms with Crippen molar-refractivity contribution in [1.29, 1.82) is 0 Å². The molecule has 0 radical (unpaired) electrons. The van der Waals surface area contributed by atoms with Gasteiger partial charge in [-0.2, -0.15) is 0 Å². The van der Waals surface area contributed by atoms with Gasteiger partial charge in [0, 0.05) is 37.3 Å². The summed E-state index contributed by atoms with van der Waals surface area (Å²) >= 11 is 0. The molecule has 2 aromatic heterocycles. The average molecular weight is 284 g/mol. The fraction of sp³-hybridized carbons (Fsp3) is 0.200. The van der Waals surface area contributed by atoms with E-state index < -0.39 is 0 Å². The third-order valence-electron chi connectivity index (χ3n) is 3.29. The summed E-state index contributed by atoms with van der Waals surface area (Å²) in [5, 5.41) is 30.4. The van der Waals surface area contributed by atoms with Crippen molar-refractivity contribution in [3.8, 4) is 11.5 Å². The highest BCUT2D eigenvalue weighted by atomic mass is 16.3. The number of phenols is 2. The van der Waals surface area contributed by atoms with Gasteiger partial charge in [-0.3, -0.25) is 4.40 Å². The van der Waals surface area contributed by atoms with Crippen molar-refractivity contribution in [2.45, 2.75) is 13.0 Å². The van der Waals surface area contributed by atoms with Crippen LogP contribution in [0.25, 0.3) is 5.65 Å². The zero-order chi connectivity index (χ0) is 14.7. The maximum absolute atomic E-state index is 9.69. The van der Waals surface area contributed by atoms with Gasteiger partial charge in [-0.15, -0.1) is 10.2 Å². The molecule has 0 amide bonds. The predicted molar refractivity (Wildman–Crippen MR) is 78.2 cm³/mol. The summed E-state index contributed by atoms with van der Waals surface area (Å²) in [6.45, 7) is 1.25. The van der Waals surface area contributed by atoms with Gasteiger partial charge in [-0.1, -0.05) is 12.1 Å². The first kappa shape index (κ1) is 13.4. The normalized spacial score (nSPS) is 11.0. The van der Waals surface area contributed by atoms with Crippen LogP contribution in [0.4, 0.5) is 0 Å². The molecule has 0 aliphatic heterocycles. The molecule has 3 aromatic rings. The fourth-order valence-electron chi connectivity index (χ4n) is 2.19. The van der Waals surface area contributed by atoms with E-state index in [4.69, 9.17) is 0 Å². The maximum Gasteiger partial charge on any atom is 0.160 e. The summed E-state index contributed by atoms with van der Waals surface area (Å²) in [6.07, 6.45) is 2.68. The minimum atomic E-state index is 0.0613. The van der Waals surface area contributed by atoms with Gasteiger partial charge in [0.25, 0.3) is 0 Å². The van der Waals surface area contributed by atoms with E-state index in [1.165, 1.54) is 6.07 Å². The largest absolute Gasteiger partial charge is 0.508 e. The molecule has 6 nitrogen and oxygen atoms in total. The van der Waals surface area contributed by atoms with Gasteiger partial charge in [0.2, 0.25) is 0 Å². The molecule has 0 bridgehead atoms. The van der Waals surface area contributed by atoms with Crippen LogP contribution >= 0.6 is 0 Å². The van der Waals surface area contributed by atoms with Crippen molar-refractivity contribution in [3.63, 3.8) is 0 Å². The molecule has 0 aliphatic rings. The third kappa shape index (κ3) is 2.95. The van der Waals surface area contributed by atoms with E-state index in [1.807, 2.05) is 28.8 Å². The zero-order valence-electron chi connectivity index (χ0n) is 11.4. The number of nitrogens with zero attached hydrogens (tertiary/aromatic N) is 3. The average Bonchev–Trinajstić information content (AvgIpc) is 2.89. The summed E-state index contributed by atoms with van der Waals surface area (Å²) in [5.41, 5.74) is 1.59. The topological polar surface area (TPSA) is 82.7 Å². The number of pyridine rings is 1. The summed E-state index contributed by atoms with van der Waals surface area (Å²) < 4.78 is 1.96. The number of aromatic hydroxyl groups is 2. The Balaban J connectivity index is 1.57. The van der Waals surface area contributed by atoms with Crippen LogP contribution in [-0.2, 0) is 13.0 Å². The Labute approximate surface area is 121 Å². The number of fused-ring (bicyclic) bond motifs is 1. The van der Waals surface area contributed by atoms with E-state index in [-0.39, 0.29) is 11.5 Å². The third-order valence-corrected chi connectivity index (χ3v) is 3.29. The smallest absolute Gasteiger partial charge is 0.160 e. The van der Waals surface area contributed by atoms with Crippen LogP contribution in [0.15, 0.2) is 42.6 Å². The molecule has 0 unspecified atom stereocenters. The molecule has 21 heavy (non-hydrogen) atoms. The molecule has 3 N–H and O–H groups in total. The van der Waals surface area contributed by atoms with Gasteiger partial charge >= 0.3 is 0 Å². The summed E-state index contributed by atoms with van der Waals surface area (Å²) in [6, 6.07) is 10.4. The Morgan fingerprint density at radius 2 is 2.00 bits per heavy atom. The first-order valence-corrected chi connectivity index (χ1v) is 6.74. The van der Waals surface area contributed by atoms with E-state index in [2.05, 4.69) is 15.5 Å². The molecule has 1 aromatic carbocycles. The van der Waals surface area contributed by atoms with E-state index in [0.29, 0.717) is 6.54 Å². The highest BCUT2D eigenvalue weighted by Crippen LogP contribution is 2.22. The van der Waals surface area contributed by atoms with Gasteiger partial charge in [0.05, 0.1) is 0 Å². The molecular formula is C15H16N4O2. The number of phenolic OH excluding ortho intramolecular Hbond substituents is 2. The van der Waals surface area contributed by atoms with Gasteiger partial charge in [0.15, 0.2) is 5.65 Å². The maximum atomic E-state index is 9.69. The van der Waals surface area contributed by atoms with Crippen LogP contribution in [0.3, 0.4) is 0 Å². The van der Waals surface area contributed by atoms with Crippen molar-refractivity contribution in [2.75, 3.05) is 6.54 Å². The van der Waals surface area contributed by atoms with E-state index in [1.54, 1.807) is 12.1 Å². The first-order valence-electron chi connectivity index (χ1n) is 6.74. The van der Waals surface area contributed by atoms with E-state index in [0.717, 1.165) is 30.0 Å². The minimum absolute atomic E-state index is 0.0613. The van der Waals surface area contributed by atoms with Crippen LogP contribution in [0.5, 0.6) is 11.5 Å². The molecule has 0 fully saturated rings. The lowest BCUT2D eigenvalue weighted by Gasteiger charge is -2.06. The number of hydrogen-bond donors (Lipinski definition) is 3. The summed E-state index contributed by atoms with van der Waals surface area (Å²) in [7, 11) is 0. The lowest BCUT2D eigenvalue weighted by molar-refractivity contribution is 0.444. The van der Waals surface area contributed by atoms with Gasteiger partial charge in [0.1, 0.15) is 17.3 Å². The Kier molecular flexibility index (Phi) is 3.70. The Hall–Kier alpha value is -2.60. The molecule has 2 heterocycles. The van der Waals surface area contributed by atoms with Crippen LogP contribution in [0.2, 0.25) is 0 Å². The number of rotatable bonds is 5. The standard InChI is InChI=1S/C15H16N4O2/c20-12-5-4-11(13(21)9-12)10-16-7-6-15-18-17-14-3-1-2-8-19(14)15/h1-5,8-9,16,20-21H,6-7,10H2. The van der Waals surface area contributed by atoms with E-state index in [9.17, 15) is 10.2 Å². The molecule has 0 saturated heterocycles. The minimum Gasteiger partial charge on any atom is -0.508 e. The highest BCUT2D eigenvalue weighted by Gasteiger charge is 2.05. The Morgan fingerprint density at radius 1 is 1.10 bits per heavy atom. The van der Waals surface area contributed by atoms with Crippen molar-refractivity contribution < 1.29 is 10.2 Å². The van der Waals surface area contributed by atoms with Crippen LogP contribution in [-0.4, -0.2) is 31.4 Å². The molecule has 0 spiro atoms. The zero-order valence-corrected chi connectivity index (χ0v) is 11.4. The lowest BCUT2D eigenvalue weighted by atomic mass is 10.2. The molecule has 108 valence electrons. The molecule has 0 aliphatic carbocycles. The Morgan fingerprint density at radius 3 is 2.86 bits per heavy atom. The van der Waals surface area contributed by atoms with Crippen molar-refractivity contribution >= 4 is 5.65 Å². The van der Waals surface area contributed by atoms with Crippen LogP contribution in [0, 0.1) is 0 Å². The molecule has 6 heteroatoms. The second kappa shape index (κ2) is 5.80. The molecular weight excluding hydrogens is 268 g/mol. The molecule has 0 saturated carbocycles. The van der Waals surface area contributed by atoms with Crippen LogP contribution in [0.1, 0.15) is 11.4 Å². The van der Waals surface area contributed by atoms with Gasteiger partial charge in [-0.25, -0.2) is 0 Å². The second-order valence-corrected chi connectivity index (χ2v) is 4.78. The van der Waals surface area contributed by atoms with Crippen LogP contribution < -0.4 is 5.32 Å². The highest BCUT2D eigenvalue weighted by molar-refractivity contribution is 5.39. The molecule has 3 rings (SSSR count). The summed E-state index contributed by atoms with van der Waals surface area (Å²) in [5.74, 6) is 1.05. The van der Waals surface area contributed by atoms with E-state index >= 15 is 0 Å². The fourth-order valence-corrected chi connectivity index (χ4v) is 2.19. The number of benzene rings is 1. The first-order chi connectivity index (χ1) is 10.2. The van der Waals surface area contributed by atoms with Crippen molar-refractivity contribution in [1.82, 2.24) is 19.9 Å². The van der Waals surface area contributed by atoms with Gasteiger partial charge < -0.3 is 15.5 Å². The number of aromatic nitrogens is 3. The monoisotopic (exact) mass is 284 g/mol. The predicted octanol–water partition coefficient (Wildman–Crippen LogP) is 1.47. The number of nitrogens with one attached hydrogen (secondary N) is 1. The van der Waals surface area contributed by atoms with Crippen molar-refractivity contribution in [2.24, 2.45) is 0 Å². The quantitative estimate of drug-likeness (QED) is 0.618.